The van der Waals surface area contributed by atoms with Crippen LogP contribution in [0.25, 0.3) is 10.9 Å². The van der Waals surface area contributed by atoms with E-state index in [1.165, 1.54) is 16.5 Å². The van der Waals surface area contributed by atoms with Gasteiger partial charge in [-0.3, -0.25) is 9.59 Å². The van der Waals surface area contributed by atoms with E-state index in [1.54, 1.807) is 4.90 Å². The molecule has 0 atom stereocenters. The molecule has 1 fully saturated rings. The first-order valence-electron chi connectivity index (χ1n) is 12.7. The molecule has 0 aliphatic heterocycles. The minimum absolute atomic E-state index is 0.0113. The summed E-state index contributed by atoms with van der Waals surface area (Å²) in [4.78, 5) is 34.0. The molecule has 1 aromatic heterocycles. The van der Waals surface area contributed by atoms with Gasteiger partial charge in [0.1, 0.15) is 6.54 Å². The minimum atomic E-state index is -0.0576. The largest absolute Gasteiger partial charge is 0.361 e. The van der Waals surface area contributed by atoms with Crippen molar-refractivity contribution >= 4 is 22.7 Å². The normalized spacial score (nSPS) is 13.1. The summed E-state index contributed by atoms with van der Waals surface area (Å²) in [5.74, 6) is -0.0689. The van der Waals surface area contributed by atoms with Gasteiger partial charge in [-0.05, 0) is 62.4 Å². The van der Waals surface area contributed by atoms with Crippen LogP contribution in [0.5, 0.6) is 0 Å². The zero-order valence-electron chi connectivity index (χ0n) is 21.0. The Morgan fingerprint density at radius 2 is 1.56 bits per heavy atom. The Balaban J connectivity index is 1.35. The van der Waals surface area contributed by atoms with Gasteiger partial charge in [0.25, 0.3) is 5.91 Å². The van der Waals surface area contributed by atoms with E-state index >= 15 is 0 Å². The van der Waals surface area contributed by atoms with Gasteiger partial charge in [0.15, 0.2) is 0 Å². The molecule has 1 heterocycles. The molecule has 1 N–H and O–H groups in total. The summed E-state index contributed by atoms with van der Waals surface area (Å²) in [6.07, 6.45) is 4.70. The fourth-order valence-corrected chi connectivity index (χ4v) is 4.66. The summed E-state index contributed by atoms with van der Waals surface area (Å²) in [5.41, 5.74) is 6.34. The van der Waals surface area contributed by atoms with E-state index in [2.05, 4.69) is 48.3 Å². The van der Waals surface area contributed by atoms with Crippen molar-refractivity contribution in [1.82, 2.24) is 14.8 Å². The fourth-order valence-electron chi connectivity index (χ4n) is 4.66. The number of aromatic nitrogens is 1. The van der Waals surface area contributed by atoms with Crippen LogP contribution in [0.2, 0.25) is 0 Å². The van der Waals surface area contributed by atoms with Crippen molar-refractivity contribution in [2.45, 2.75) is 45.7 Å². The molecule has 0 unspecified atom stereocenters. The molecule has 1 saturated carbocycles. The number of aryl methyl sites for hydroxylation is 2. The van der Waals surface area contributed by atoms with Gasteiger partial charge in [0, 0.05) is 41.8 Å². The van der Waals surface area contributed by atoms with Crippen molar-refractivity contribution in [3.8, 4) is 0 Å². The Labute approximate surface area is 212 Å². The highest BCUT2D eigenvalue weighted by Crippen LogP contribution is 2.28. The van der Waals surface area contributed by atoms with Gasteiger partial charge in [-0.2, -0.15) is 0 Å². The van der Waals surface area contributed by atoms with E-state index in [0.717, 1.165) is 35.9 Å². The second-order valence-corrected chi connectivity index (χ2v) is 9.94. The molecular weight excluding hydrogens is 446 g/mol. The Bertz CT molecular complexity index is 1350. The number of fused-ring (bicyclic) bond motifs is 1. The number of hydrogen-bond donors (Lipinski definition) is 1. The number of nitrogens with one attached hydrogen (secondary N) is 1. The first kappa shape index (κ1) is 23.9. The van der Waals surface area contributed by atoms with Crippen LogP contribution in [0, 0.1) is 13.8 Å². The smallest absolute Gasteiger partial charge is 0.254 e. The monoisotopic (exact) mass is 479 g/mol. The lowest BCUT2D eigenvalue weighted by Gasteiger charge is -2.28. The topological polar surface area (TPSA) is 56.4 Å². The average molecular weight is 480 g/mol. The molecule has 3 aromatic carbocycles. The highest BCUT2D eigenvalue weighted by atomic mass is 16.2. The number of aromatic amines is 1. The van der Waals surface area contributed by atoms with Crippen LogP contribution in [-0.2, 0) is 17.8 Å². The first-order valence-corrected chi connectivity index (χ1v) is 12.7. The highest BCUT2D eigenvalue weighted by molar-refractivity contribution is 5.97. The molecule has 0 saturated heterocycles. The van der Waals surface area contributed by atoms with Gasteiger partial charge < -0.3 is 14.8 Å². The lowest BCUT2D eigenvalue weighted by atomic mass is 10.1. The number of carbonyl (C=O) groups is 2. The van der Waals surface area contributed by atoms with E-state index in [-0.39, 0.29) is 24.4 Å². The van der Waals surface area contributed by atoms with Crippen LogP contribution in [0.4, 0.5) is 0 Å². The Hall–Kier alpha value is -3.86. The maximum absolute atomic E-state index is 13.7. The summed E-state index contributed by atoms with van der Waals surface area (Å²) in [6.45, 7) is 5.29. The maximum Gasteiger partial charge on any atom is 0.254 e. The molecular formula is C31H33N3O2. The molecule has 4 aromatic rings. The van der Waals surface area contributed by atoms with Crippen molar-refractivity contribution in [1.29, 1.82) is 0 Å². The summed E-state index contributed by atoms with van der Waals surface area (Å²) in [5, 5.41) is 1.19. The molecule has 5 nitrogen and oxygen atoms in total. The molecule has 1 aliphatic carbocycles. The zero-order valence-corrected chi connectivity index (χ0v) is 21.0. The van der Waals surface area contributed by atoms with E-state index in [0.29, 0.717) is 18.7 Å². The number of amides is 2. The van der Waals surface area contributed by atoms with Gasteiger partial charge in [0.2, 0.25) is 5.91 Å². The first-order chi connectivity index (χ1) is 17.5. The number of hydrogen-bond acceptors (Lipinski definition) is 2. The molecule has 184 valence electrons. The summed E-state index contributed by atoms with van der Waals surface area (Å²) in [7, 11) is 0. The van der Waals surface area contributed by atoms with Crippen LogP contribution in [0.1, 0.15) is 45.5 Å². The average Bonchev–Trinajstić information content (AvgIpc) is 3.65. The third kappa shape index (κ3) is 5.51. The molecule has 5 heteroatoms. The quantitative estimate of drug-likeness (QED) is 0.337. The Morgan fingerprint density at radius 1 is 0.889 bits per heavy atom. The second kappa shape index (κ2) is 10.4. The van der Waals surface area contributed by atoms with Gasteiger partial charge in [-0.1, -0.05) is 65.7 Å². The minimum Gasteiger partial charge on any atom is -0.361 e. The summed E-state index contributed by atoms with van der Waals surface area (Å²) in [6, 6.07) is 24.3. The molecule has 0 radical (unpaired) electrons. The number of para-hydroxylation sites is 1. The van der Waals surface area contributed by atoms with Crippen LogP contribution in [0.3, 0.4) is 0 Å². The number of H-pyrrole nitrogens is 1. The molecule has 5 rings (SSSR count). The predicted molar refractivity (Wildman–Crippen MR) is 144 cm³/mol. The van der Waals surface area contributed by atoms with Crippen LogP contribution in [-0.4, -0.2) is 45.7 Å². The van der Waals surface area contributed by atoms with Gasteiger partial charge >= 0.3 is 0 Å². The molecule has 2 amide bonds. The highest BCUT2D eigenvalue weighted by Gasteiger charge is 2.35. The van der Waals surface area contributed by atoms with Crippen LogP contribution < -0.4 is 0 Å². The molecule has 0 spiro atoms. The Kier molecular flexibility index (Phi) is 6.90. The van der Waals surface area contributed by atoms with Gasteiger partial charge in [-0.15, -0.1) is 0 Å². The number of rotatable bonds is 9. The molecule has 36 heavy (non-hydrogen) atoms. The van der Waals surface area contributed by atoms with E-state index in [1.807, 2.05) is 54.4 Å². The number of carbonyl (C=O) groups excluding carboxylic acids is 2. The van der Waals surface area contributed by atoms with E-state index < -0.39 is 0 Å². The Morgan fingerprint density at radius 3 is 2.25 bits per heavy atom. The third-order valence-corrected chi connectivity index (χ3v) is 7.03. The summed E-state index contributed by atoms with van der Waals surface area (Å²) < 4.78 is 0. The fraction of sp³-hybridized carbons (Fsp3) is 0.290. The van der Waals surface area contributed by atoms with E-state index in [4.69, 9.17) is 0 Å². The zero-order chi connectivity index (χ0) is 25.1. The standard InChI is InChI=1S/C31H33N3O2/c1-22-7-11-24(12-8-22)20-33(18-17-26-19-32-29-6-4-3-5-28(26)29)30(35)21-34(27-15-16-27)31(36)25-13-9-23(2)10-14-25/h3-14,19,27,32H,15-18,20-21H2,1-2H3. The molecule has 0 bridgehead atoms. The van der Waals surface area contributed by atoms with Crippen LogP contribution >= 0.6 is 0 Å². The SMILES string of the molecule is Cc1ccc(CN(CCc2c[nH]c3ccccc23)C(=O)CN(C(=O)c2ccc(C)cc2)C2CC2)cc1. The second-order valence-electron chi connectivity index (χ2n) is 9.94. The van der Waals surface area contributed by atoms with Crippen LogP contribution in [0.15, 0.2) is 79.0 Å². The lowest BCUT2D eigenvalue weighted by molar-refractivity contribution is -0.132. The van der Waals surface area contributed by atoms with Crippen molar-refractivity contribution in [3.05, 3.63) is 107 Å². The van der Waals surface area contributed by atoms with E-state index in [9.17, 15) is 9.59 Å². The lowest BCUT2D eigenvalue weighted by Crippen LogP contribution is -2.44. The van der Waals surface area contributed by atoms with Gasteiger partial charge in [-0.25, -0.2) is 0 Å². The predicted octanol–water partition coefficient (Wildman–Crippen LogP) is 5.66. The maximum atomic E-state index is 13.7. The van der Waals surface area contributed by atoms with Crippen molar-refractivity contribution in [2.75, 3.05) is 13.1 Å². The summed E-state index contributed by atoms with van der Waals surface area (Å²) >= 11 is 0. The number of benzene rings is 3. The van der Waals surface area contributed by atoms with Crippen molar-refractivity contribution < 1.29 is 9.59 Å². The third-order valence-electron chi connectivity index (χ3n) is 7.03. The van der Waals surface area contributed by atoms with Crippen molar-refractivity contribution in [2.24, 2.45) is 0 Å². The number of nitrogens with zero attached hydrogens (tertiary/aromatic N) is 2. The van der Waals surface area contributed by atoms with Gasteiger partial charge in [0.05, 0.1) is 0 Å². The van der Waals surface area contributed by atoms with Crippen molar-refractivity contribution in [3.63, 3.8) is 0 Å². The molecule has 1 aliphatic rings.